The first-order valence-corrected chi connectivity index (χ1v) is 9.89. The molecule has 146 valence electrons. The average molecular weight is 378 g/mol. The first-order valence-electron chi connectivity index (χ1n) is 9.89. The summed E-state index contributed by atoms with van der Waals surface area (Å²) in [5, 5.41) is 5.99. The summed E-state index contributed by atoms with van der Waals surface area (Å²) in [5.74, 6) is 0.618. The molecule has 2 amide bonds. The average Bonchev–Trinajstić information content (AvgIpc) is 3.08. The van der Waals surface area contributed by atoms with Crippen LogP contribution in [0.15, 0.2) is 46.9 Å². The van der Waals surface area contributed by atoms with E-state index in [1.807, 2.05) is 19.1 Å². The second-order valence-electron chi connectivity index (χ2n) is 7.30. The normalized spacial score (nSPS) is 15.0. The zero-order chi connectivity index (χ0) is 19.5. The molecule has 0 atom stereocenters. The number of rotatable bonds is 4. The van der Waals surface area contributed by atoms with E-state index in [1.54, 1.807) is 6.07 Å². The molecule has 1 fully saturated rings. The Kier molecular flexibility index (Phi) is 5.19. The molecule has 4 rings (SSSR count). The van der Waals surface area contributed by atoms with E-state index in [4.69, 9.17) is 4.42 Å². The minimum atomic E-state index is -0.179. The van der Waals surface area contributed by atoms with Gasteiger partial charge in [-0.25, -0.2) is 9.78 Å². The third kappa shape index (κ3) is 4.11. The number of aryl methyl sites for hydroxylation is 2. The van der Waals surface area contributed by atoms with Crippen molar-refractivity contribution in [2.24, 2.45) is 0 Å². The zero-order valence-electron chi connectivity index (χ0n) is 16.4. The van der Waals surface area contributed by atoms with Gasteiger partial charge >= 0.3 is 6.03 Å². The highest BCUT2D eigenvalue weighted by molar-refractivity contribution is 5.91. The van der Waals surface area contributed by atoms with Gasteiger partial charge in [0, 0.05) is 43.5 Å². The van der Waals surface area contributed by atoms with Crippen LogP contribution >= 0.6 is 0 Å². The molecule has 2 aromatic carbocycles. The van der Waals surface area contributed by atoms with Gasteiger partial charge in [0.15, 0.2) is 11.5 Å². The Morgan fingerprint density at radius 3 is 2.82 bits per heavy atom. The number of hydrogen-bond donors (Lipinski definition) is 2. The molecule has 0 unspecified atom stereocenters. The van der Waals surface area contributed by atoms with Gasteiger partial charge in [-0.15, -0.1) is 0 Å². The molecule has 3 aromatic rings. The second kappa shape index (κ2) is 7.92. The predicted octanol–water partition coefficient (Wildman–Crippen LogP) is 4.49. The van der Waals surface area contributed by atoms with Gasteiger partial charge in [0.1, 0.15) is 5.52 Å². The van der Waals surface area contributed by atoms with E-state index in [0.717, 1.165) is 37.9 Å². The Labute approximate surface area is 164 Å². The number of urea groups is 1. The number of amides is 2. The van der Waals surface area contributed by atoms with E-state index in [9.17, 15) is 4.79 Å². The Hall–Kier alpha value is -3.02. The fraction of sp³-hybridized carbons (Fsp3) is 0.364. The lowest BCUT2D eigenvalue weighted by Gasteiger charge is -2.34. The summed E-state index contributed by atoms with van der Waals surface area (Å²) < 4.78 is 5.52. The standard InChI is InChI=1S/C22H26N4O2/c1-3-16-5-4-6-19(13-16)26-11-9-17(10-12-26)24-22(27)25-18-7-8-20-21(14-18)28-15(2)23-20/h4-8,13-14,17H,3,9-12H2,1-2H3,(H2,24,25,27). The van der Waals surface area contributed by atoms with Crippen LogP contribution in [0.3, 0.4) is 0 Å². The van der Waals surface area contributed by atoms with Gasteiger partial charge in [0.2, 0.25) is 0 Å². The smallest absolute Gasteiger partial charge is 0.319 e. The quantitative estimate of drug-likeness (QED) is 0.702. The number of carbonyl (C=O) groups excluding carboxylic acids is 1. The minimum absolute atomic E-state index is 0.179. The molecule has 2 N–H and O–H groups in total. The van der Waals surface area contributed by atoms with Gasteiger partial charge in [-0.05, 0) is 49.1 Å². The maximum absolute atomic E-state index is 12.4. The van der Waals surface area contributed by atoms with E-state index >= 15 is 0 Å². The summed E-state index contributed by atoms with van der Waals surface area (Å²) in [4.78, 5) is 19.0. The molecular formula is C22H26N4O2. The highest BCUT2D eigenvalue weighted by atomic mass is 16.3. The Morgan fingerprint density at radius 2 is 2.04 bits per heavy atom. The van der Waals surface area contributed by atoms with Crippen molar-refractivity contribution >= 4 is 28.5 Å². The Morgan fingerprint density at radius 1 is 1.21 bits per heavy atom. The molecule has 6 heteroatoms. The number of anilines is 2. The maximum atomic E-state index is 12.4. The number of aromatic nitrogens is 1. The topological polar surface area (TPSA) is 70.4 Å². The van der Waals surface area contributed by atoms with Crippen molar-refractivity contribution in [3.8, 4) is 0 Å². The lowest BCUT2D eigenvalue weighted by molar-refractivity contribution is 0.246. The van der Waals surface area contributed by atoms with Crippen molar-refractivity contribution in [3.05, 3.63) is 53.9 Å². The predicted molar refractivity (Wildman–Crippen MR) is 112 cm³/mol. The highest BCUT2D eigenvalue weighted by Gasteiger charge is 2.21. The van der Waals surface area contributed by atoms with E-state index in [0.29, 0.717) is 17.2 Å². The van der Waals surface area contributed by atoms with Gasteiger partial charge in [-0.3, -0.25) is 0 Å². The lowest BCUT2D eigenvalue weighted by Crippen LogP contribution is -2.46. The van der Waals surface area contributed by atoms with Crippen LogP contribution in [0, 0.1) is 6.92 Å². The summed E-state index contributed by atoms with van der Waals surface area (Å²) in [5.41, 5.74) is 4.81. The fourth-order valence-corrected chi connectivity index (χ4v) is 3.73. The summed E-state index contributed by atoms with van der Waals surface area (Å²) in [6.07, 6.45) is 2.92. The molecule has 0 bridgehead atoms. The Balaban J connectivity index is 1.30. The van der Waals surface area contributed by atoms with Gasteiger partial charge in [-0.2, -0.15) is 0 Å². The van der Waals surface area contributed by atoms with E-state index in [1.165, 1.54) is 11.3 Å². The van der Waals surface area contributed by atoms with Crippen molar-refractivity contribution in [2.45, 2.75) is 39.2 Å². The van der Waals surface area contributed by atoms with E-state index in [2.05, 4.69) is 51.7 Å². The largest absolute Gasteiger partial charge is 0.441 e. The maximum Gasteiger partial charge on any atom is 0.319 e. The summed E-state index contributed by atoms with van der Waals surface area (Å²) >= 11 is 0. The summed E-state index contributed by atoms with van der Waals surface area (Å²) in [7, 11) is 0. The number of nitrogens with zero attached hydrogens (tertiary/aromatic N) is 2. The fourth-order valence-electron chi connectivity index (χ4n) is 3.73. The number of benzene rings is 2. The van der Waals surface area contributed by atoms with Gasteiger partial charge in [0.25, 0.3) is 0 Å². The first-order chi connectivity index (χ1) is 13.6. The van der Waals surface area contributed by atoms with Crippen molar-refractivity contribution in [2.75, 3.05) is 23.3 Å². The Bertz CT molecular complexity index is 974. The molecule has 2 heterocycles. The van der Waals surface area contributed by atoms with Crippen LogP contribution in [0.5, 0.6) is 0 Å². The number of nitrogens with one attached hydrogen (secondary N) is 2. The van der Waals surface area contributed by atoms with Crippen molar-refractivity contribution in [1.82, 2.24) is 10.3 Å². The molecule has 6 nitrogen and oxygen atoms in total. The number of oxazole rings is 1. The molecule has 1 saturated heterocycles. The van der Waals surface area contributed by atoms with E-state index in [-0.39, 0.29) is 12.1 Å². The van der Waals surface area contributed by atoms with Gasteiger partial charge in [-0.1, -0.05) is 19.1 Å². The molecule has 0 radical (unpaired) electrons. The van der Waals surface area contributed by atoms with Crippen molar-refractivity contribution < 1.29 is 9.21 Å². The summed E-state index contributed by atoms with van der Waals surface area (Å²) in [6, 6.07) is 14.2. The van der Waals surface area contributed by atoms with Crippen molar-refractivity contribution in [1.29, 1.82) is 0 Å². The number of fused-ring (bicyclic) bond motifs is 1. The molecule has 0 spiro atoms. The van der Waals surface area contributed by atoms with Crippen LogP contribution in [0.1, 0.15) is 31.2 Å². The molecule has 28 heavy (non-hydrogen) atoms. The minimum Gasteiger partial charge on any atom is -0.441 e. The van der Waals surface area contributed by atoms with Gasteiger partial charge in [0.05, 0.1) is 0 Å². The second-order valence-corrected chi connectivity index (χ2v) is 7.30. The van der Waals surface area contributed by atoms with Gasteiger partial charge < -0.3 is 20.0 Å². The molecule has 0 saturated carbocycles. The third-order valence-electron chi connectivity index (χ3n) is 5.27. The number of piperidine rings is 1. The molecule has 0 aliphatic carbocycles. The molecule has 1 aliphatic heterocycles. The molecule has 1 aliphatic rings. The number of hydrogen-bond acceptors (Lipinski definition) is 4. The van der Waals surface area contributed by atoms with E-state index < -0.39 is 0 Å². The summed E-state index contributed by atoms with van der Waals surface area (Å²) in [6.45, 7) is 5.88. The van der Waals surface area contributed by atoms with Crippen molar-refractivity contribution in [3.63, 3.8) is 0 Å². The van der Waals surface area contributed by atoms with Crippen LogP contribution in [-0.4, -0.2) is 30.1 Å². The zero-order valence-corrected chi connectivity index (χ0v) is 16.4. The monoisotopic (exact) mass is 378 g/mol. The molecular weight excluding hydrogens is 352 g/mol. The lowest BCUT2D eigenvalue weighted by atomic mass is 10.0. The van der Waals surface area contributed by atoms with Crippen LogP contribution < -0.4 is 15.5 Å². The van der Waals surface area contributed by atoms with Crippen LogP contribution in [0.4, 0.5) is 16.2 Å². The third-order valence-corrected chi connectivity index (χ3v) is 5.27. The SMILES string of the molecule is CCc1cccc(N2CCC(NC(=O)Nc3ccc4nc(C)oc4c3)CC2)c1. The van der Waals surface area contributed by atoms with Crippen LogP contribution in [0.2, 0.25) is 0 Å². The highest BCUT2D eigenvalue weighted by Crippen LogP contribution is 2.22. The van der Waals surface area contributed by atoms with Crippen LogP contribution in [0.25, 0.3) is 11.1 Å². The first kappa shape index (κ1) is 18.3. The van der Waals surface area contributed by atoms with Crippen LogP contribution in [-0.2, 0) is 6.42 Å². The molecule has 1 aromatic heterocycles. The number of carbonyl (C=O) groups is 1.